The predicted octanol–water partition coefficient (Wildman–Crippen LogP) is -1.27. The predicted molar refractivity (Wildman–Crippen MR) is 48.3 cm³/mol. The molecule has 7 heteroatoms. The van der Waals surface area contributed by atoms with Crippen molar-refractivity contribution in [2.75, 3.05) is 0 Å². The van der Waals surface area contributed by atoms with Crippen molar-refractivity contribution in [3.05, 3.63) is 0 Å². The third-order valence-corrected chi connectivity index (χ3v) is 2.02. The molecule has 16 heavy (non-hydrogen) atoms. The Kier molecular flexibility index (Phi) is 229. The molecule has 0 aromatic carbocycles. The van der Waals surface area contributed by atoms with E-state index in [2.05, 4.69) is 33.9 Å². The summed E-state index contributed by atoms with van der Waals surface area (Å²) in [7, 11) is 0. The number of hydrogen-bond acceptors (Lipinski definition) is 6. The van der Waals surface area contributed by atoms with Gasteiger partial charge in [-0.25, -0.2) is 0 Å². The van der Waals surface area contributed by atoms with Crippen LogP contribution in [0.15, 0.2) is 0 Å². The Hall–Kier alpha value is -1.32. The molecule has 86 valence electrons. The van der Waals surface area contributed by atoms with E-state index in [1.165, 1.54) is 19.2 Å². The van der Waals surface area contributed by atoms with Crippen LogP contribution in [-0.4, -0.2) is 38.2 Å². The molecule has 0 saturated carbocycles. The van der Waals surface area contributed by atoms with Crippen molar-refractivity contribution in [3.8, 4) is 0 Å². The molecule has 0 rings (SSSR count). The van der Waals surface area contributed by atoms with Crippen molar-refractivity contribution < 1.29 is 48.0 Å². The van der Waals surface area contributed by atoms with Gasteiger partial charge >= 0.3 is 48.0 Å². The van der Waals surface area contributed by atoms with Crippen LogP contribution >= 0.6 is 0 Å². The summed E-state index contributed by atoms with van der Waals surface area (Å²) in [4.78, 5) is 47.7. The minimum atomic E-state index is 0.238. The van der Waals surface area contributed by atoms with Crippen molar-refractivity contribution in [2.24, 2.45) is 5.92 Å². The van der Waals surface area contributed by atoms with Crippen molar-refractivity contribution in [3.63, 3.8) is 0 Å². The van der Waals surface area contributed by atoms with E-state index in [1.807, 2.05) is 13.8 Å². The SMILES string of the molecule is CC(C)[C](=O)[Re].[C]=O.[C]=O.[C]=O.[C]=O.[C]=O. The van der Waals surface area contributed by atoms with Gasteiger partial charge in [-0.1, -0.05) is 0 Å². The minimum Gasteiger partial charge on any atom is -0.281 e. The van der Waals surface area contributed by atoms with Gasteiger partial charge in [-0.05, 0) is 0 Å². The summed E-state index contributed by atoms with van der Waals surface area (Å²) in [5.74, 6) is 0.238. The second-order valence-corrected chi connectivity index (χ2v) is 2.80. The second-order valence-electron chi connectivity index (χ2n) is 1.46. The maximum atomic E-state index is 10.2. The average molecular weight is 397 g/mol. The summed E-state index contributed by atoms with van der Waals surface area (Å²) >= 11 is 1.25. The van der Waals surface area contributed by atoms with Gasteiger partial charge < -0.3 is 0 Å². The van der Waals surface area contributed by atoms with Gasteiger partial charge in [-0.15, -0.1) is 0 Å². The first-order chi connectivity index (χ1) is 7.64. The zero-order chi connectivity index (χ0) is 15.2. The fourth-order valence-corrected chi connectivity index (χ4v) is 0. The van der Waals surface area contributed by atoms with E-state index in [4.69, 9.17) is 24.0 Å². The third kappa shape index (κ3) is 241. The van der Waals surface area contributed by atoms with E-state index in [1.54, 1.807) is 0 Å². The van der Waals surface area contributed by atoms with Crippen molar-refractivity contribution in [1.29, 1.82) is 0 Å². The molecule has 0 spiro atoms. The Morgan fingerprint density at radius 1 is 0.750 bits per heavy atom. The van der Waals surface area contributed by atoms with E-state index in [0.29, 0.717) is 4.26 Å². The quantitative estimate of drug-likeness (QED) is 0.547. The molecule has 0 aliphatic heterocycles. The van der Waals surface area contributed by atoms with E-state index >= 15 is 0 Å². The van der Waals surface area contributed by atoms with Crippen molar-refractivity contribution in [1.82, 2.24) is 0 Å². The molecule has 0 aromatic heterocycles. The Balaban J connectivity index is -0.0000000214. The smallest absolute Gasteiger partial charge is 0.281 e. The van der Waals surface area contributed by atoms with E-state index in [9.17, 15) is 4.79 Å². The van der Waals surface area contributed by atoms with Gasteiger partial charge in [-0.3, -0.25) is 24.0 Å². The molecular weight excluding hydrogens is 390 g/mol. The number of carbonyl (C=O) groups is 1. The summed E-state index contributed by atoms with van der Waals surface area (Å²) < 4.78 is 0.315. The van der Waals surface area contributed by atoms with Gasteiger partial charge in [0.05, 0.1) is 0 Å². The molecule has 0 heterocycles. The molecule has 0 atom stereocenters. The second kappa shape index (κ2) is 100. The monoisotopic (exact) mass is 398 g/mol. The molecule has 0 fully saturated rings. The van der Waals surface area contributed by atoms with Crippen LogP contribution in [0.1, 0.15) is 13.8 Å². The largest absolute Gasteiger partial charge is 0.281 e. The van der Waals surface area contributed by atoms with Crippen LogP contribution in [-0.2, 0) is 48.0 Å². The van der Waals surface area contributed by atoms with E-state index in [0.717, 1.165) is 0 Å². The Labute approximate surface area is 106 Å². The zero-order valence-electron chi connectivity index (χ0n) is 8.40. The van der Waals surface area contributed by atoms with E-state index in [-0.39, 0.29) is 5.92 Å². The van der Waals surface area contributed by atoms with Gasteiger partial charge in [-0.2, -0.15) is 0 Å². The minimum absolute atomic E-state index is 0.238. The number of hydrogen-bond donors (Lipinski definition) is 0. The van der Waals surface area contributed by atoms with Crippen LogP contribution in [0.5, 0.6) is 0 Å². The van der Waals surface area contributed by atoms with Gasteiger partial charge in [0.1, 0.15) is 0 Å². The molecule has 0 aliphatic carbocycles. The number of carbonyl (C=O) groups excluding carboxylic acids is 6. The molecule has 6 nitrogen and oxygen atoms in total. The van der Waals surface area contributed by atoms with Crippen LogP contribution in [0.25, 0.3) is 0 Å². The molecule has 10 radical (unpaired) electrons. The summed E-state index contributed by atoms with van der Waals surface area (Å²) in [6, 6.07) is 0. The van der Waals surface area contributed by atoms with Crippen LogP contribution < -0.4 is 0 Å². The first-order valence-corrected chi connectivity index (χ1v) is 4.22. The average Bonchev–Trinajstić information content (AvgIpc) is 2.41. The zero-order valence-corrected chi connectivity index (χ0v) is 11.1. The maximum absolute atomic E-state index is 10.2. The first kappa shape index (κ1) is 36.5. The Morgan fingerprint density at radius 3 is 0.812 bits per heavy atom. The van der Waals surface area contributed by atoms with Gasteiger partial charge in [0.25, 0.3) is 33.9 Å². The normalized spacial score (nSPS) is 4.75. The Morgan fingerprint density at radius 2 is 0.812 bits per heavy atom. The maximum Gasteiger partial charge on any atom is 0.281 e. The van der Waals surface area contributed by atoms with Gasteiger partial charge in [0.15, 0.2) is 0 Å². The summed E-state index contributed by atoms with van der Waals surface area (Å²) in [6.45, 7) is 26.3. The molecule has 0 unspecified atom stereocenters. The van der Waals surface area contributed by atoms with Crippen LogP contribution in [0.2, 0.25) is 0 Å². The van der Waals surface area contributed by atoms with Crippen LogP contribution in [0.4, 0.5) is 0 Å². The first-order valence-electron chi connectivity index (χ1n) is 2.86. The fourth-order valence-electron chi connectivity index (χ4n) is 0. The number of rotatable bonds is 1. The van der Waals surface area contributed by atoms with Gasteiger partial charge in [0, 0.05) is 0 Å². The molecule has 0 bridgehead atoms. The topological polar surface area (TPSA) is 102 Å². The van der Waals surface area contributed by atoms with E-state index < -0.39 is 0 Å². The molecule has 0 amide bonds. The molecule has 0 aromatic rings. The fraction of sp³-hybridized carbons (Fsp3) is 0.333. The van der Waals surface area contributed by atoms with Crippen molar-refractivity contribution >= 4 is 38.2 Å². The summed E-state index contributed by atoms with van der Waals surface area (Å²) in [5, 5.41) is 0. The molecule has 0 N–H and O–H groups in total. The standard InChI is InChI=1S/C4H7O.5CO.Re/c1-4(2)3-5;5*1-2;/h4H,1-2H3;;;;;;. The third-order valence-electron chi connectivity index (χ3n) is 0.454. The Bertz CT molecular complexity index is 109. The van der Waals surface area contributed by atoms with Crippen molar-refractivity contribution in [2.45, 2.75) is 13.8 Å². The molecular formula is C9H7O6Re. The van der Waals surface area contributed by atoms with Crippen LogP contribution in [0.3, 0.4) is 0 Å². The summed E-state index contributed by atoms with van der Waals surface area (Å²) in [5.41, 5.74) is 0. The molecule has 0 saturated heterocycles. The van der Waals surface area contributed by atoms with Gasteiger partial charge in [0.2, 0.25) is 0 Å². The van der Waals surface area contributed by atoms with Crippen LogP contribution in [0, 0.1) is 5.92 Å². The molecule has 0 aliphatic rings. The summed E-state index contributed by atoms with van der Waals surface area (Å²) in [6.07, 6.45) is 0.